The van der Waals surface area contributed by atoms with Gasteiger partial charge in [0, 0.05) is 11.3 Å². The lowest BCUT2D eigenvalue weighted by atomic mass is 10.1. The van der Waals surface area contributed by atoms with Crippen LogP contribution in [0.5, 0.6) is 11.5 Å². The lowest BCUT2D eigenvalue weighted by Gasteiger charge is -2.10. The summed E-state index contributed by atoms with van der Waals surface area (Å²) in [5.74, 6) is 0.808. The lowest BCUT2D eigenvalue weighted by molar-refractivity contribution is 0.0955. The molecule has 6 nitrogen and oxygen atoms in total. The summed E-state index contributed by atoms with van der Waals surface area (Å²) >= 11 is 0. The Balaban J connectivity index is 1.67. The van der Waals surface area contributed by atoms with E-state index in [1.807, 2.05) is 0 Å². The number of rotatable bonds is 6. The molecule has 2 amide bonds. The second-order valence-corrected chi connectivity index (χ2v) is 6.00. The third-order valence-electron chi connectivity index (χ3n) is 4.01. The zero-order chi connectivity index (χ0) is 18.4. The van der Waals surface area contributed by atoms with Crippen molar-refractivity contribution in [2.24, 2.45) is 0 Å². The van der Waals surface area contributed by atoms with Gasteiger partial charge < -0.3 is 20.1 Å². The summed E-state index contributed by atoms with van der Waals surface area (Å²) in [6, 6.07) is 12.0. The van der Waals surface area contributed by atoms with Gasteiger partial charge >= 0.3 is 0 Å². The Morgan fingerprint density at radius 3 is 2.81 bits per heavy atom. The molecule has 0 aromatic heterocycles. The van der Waals surface area contributed by atoms with Gasteiger partial charge in [-0.15, -0.1) is 0 Å². The predicted molar refractivity (Wildman–Crippen MR) is 99.1 cm³/mol. The van der Waals surface area contributed by atoms with Crippen molar-refractivity contribution in [3.63, 3.8) is 0 Å². The highest BCUT2D eigenvalue weighted by molar-refractivity contribution is 6.05. The molecule has 1 aliphatic heterocycles. The average Bonchev–Trinajstić information content (AvgIpc) is 2.84. The van der Waals surface area contributed by atoms with E-state index in [1.165, 1.54) is 0 Å². The number of hydrogen-bond acceptors (Lipinski definition) is 4. The van der Waals surface area contributed by atoms with Crippen LogP contribution in [-0.2, 0) is 0 Å². The zero-order valence-electron chi connectivity index (χ0n) is 14.7. The number of carbonyl (C=O) groups is 2. The van der Waals surface area contributed by atoms with Crippen LogP contribution in [0.1, 0.15) is 40.5 Å². The summed E-state index contributed by atoms with van der Waals surface area (Å²) in [5.41, 5.74) is 1.47. The largest absolute Gasteiger partial charge is 0.494 e. The summed E-state index contributed by atoms with van der Waals surface area (Å²) in [4.78, 5) is 24.5. The van der Waals surface area contributed by atoms with Crippen LogP contribution >= 0.6 is 0 Å². The van der Waals surface area contributed by atoms with Gasteiger partial charge in [-0.05, 0) is 48.9 Å². The Bertz CT molecular complexity index is 787. The molecule has 1 heterocycles. The first-order chi connectivity index (χ1) is 12.7. The Kier molecular flexibility index (Phi) is 5.73. The van der Waals surface area contributed by atoms with Crippen molar-refractivity contribution in [1.82, 2.24) is 5.32 Å². The molecule has 0 saturated carbocycles. The number of ether oxygens (including phenoxy) is 2. The number of carbonyl (C=O) groups excluding carboxylic acids is 2. The average molecular weight is 354 g/mol. The van der Waals surface area contributed by atoms with Crippen LogP contribution in [0.15, 0.2) is 42.5 Å². The number of anilines is 1. The standard InChI is InChI=1S/C20H22N2O4/c1-2-3-11-25-16-7-4-14(5-8-16)19(23)22-15-6-9-18-17(13-15)20(24)21-10-12-26-18/h4-9,13H,2-3,10-12H2,1H3,(H,21,24)(H,22,23). The van der Waals surface area contributed by atoms with Crippen molar-refractivity contribution in [1.29, 1.82) is 0 Å². The Morgan fingerprint density at radius 2 is 2.04 bits per heavy atom. The molecule has 0 unspecified atom stereocenters. The van der Waals surface area contributed by atoms with Crippen LogP contribution in [-0.4, -0.2) is 31.6 Å². The SMILES string of the molecule is CCCCOc1ccc(C(=O)Nc2ccc3c(c2)C(=O)NCCO3)cc1. The van der Waals surface area contributed by atoms with Crippen LogP contribution in [0.4, 0.5) is 5.69 Å². The molecule has 0 radical (unpaired) electrons. The van der Waals surface area contributed by atoms with E-state index in [2.05, 4.69) is 17.6 Å². The monoisotopic (exact) mass is 354 g/mol. The van der Waals surface area contributed by atoms with Gasteiger partial charge in [0.2, 0.25) is 0 Å². The van der Waals surface area contributed by atoms with Crippen LogP contribution in [0.2, 0.25) is 0 Å². The zero-order valence-corrected chi connectivity index (χ0v) is 14.7. The molecule has 2 aromatic carbocycles. The molecule has 3 rings (SSSR count). The third kappa shape index (κ3) is 4.33. The summed E-state index contributed by atoms with van der Waals surface area (Å²) in [5, 5.41) is 5.56. The first kappa shape index (κ1) is 17.8. The molecule has 0 fully saturated rings. The van der Waals surface area contributed by atoms with Gasteiger partial charge in [0.25, 0.3) is 11.8 Å². The second-order valence-electron chi connectivity index (χ2n) is 6.00. The summed E-state index contributed by atoms with van der Waals surface area (Å²) < 4.78 is 11.1. The molecule has 1 aliphatic rings. The normalized spacial score (nSPS) is 13.0. The smallest absolute Gasteiger partial charge is 0.255 e. The van der Waals surface area contributed by atoms with Crippen molar-refractivity contribution in [2.45, 2.75) is 19.8 Å². The molecular weight excluding hydrogens is 332 g/mol. The van der Waals surface area contributed by atoms with E-state index >= 15 is 0 Å². The van der Waals surface area contributed by atoms with E-state index in [0.717, 1.165) is 18.6 Å². The Morgan fingerprint density at radius 1 is 1.23 bits per heavy atom. The number of benzene rings is 2. The van der Waals surface area contributed by atoms with Crippen LogP contribution in [0.25, 0.3) is 0 Å². The van der Waals surface area contributed by atoms with Gasteiger partial charge in [-0.1, -0.05) is 13.3 Å². The fraction of sp³-hybridized carbons (Fsp3) is 0.300. The fourth-order valence-corrected chi connectivity index (χ4v) is 2.57. The van der Waals surface area contributed by atoms with Gasteiger partial charge in [0.05, 0.1) is 18.7 Å². The third-order valence-corrected chi connectivity index (χ3v) is 4.01. The molecule has 2 aromatic rings. The second kappa shape index (κ2) is 8.38. The maximum Gasteiger partial charge on any atom is 0.255 e. The Hall–Kier alpha value is -3.02. The maximum absolute atomic E-state index is 12.4. The minimum Gasteiger partial charge on any atom is -0.494 e. The fourth-order valence-electron chi connectivity index (χ4n) is 2.57. The minimum absolute atomic E-state index is 0.206. The van der Waals surface area contributed by atoms with Crippen molar-refractivity contribution in [3.8, 4) is 11.5 Å². The van der Waals surface area contributed by atoms with E-state index in [4.69, 9.17) is 9.47 Å². The van der Waals surface area contributed by atoms with Gasteiger partial charge in [-0.25, -0.2) is 0 Å². The molecule has 0 bridgehead atoms. The van der Waals surface area contributed by atoms with Crippen LogP contribution < -0.4 is 20.1 Å². The van der Waals surface area contributed by atoms with Crippen LogP contribution in [0, 0.1) is 0 Å². The first-order valence-electron chi connectivity index (χ1n) is 8.76. The molecular formula is C20H22N2O4. The van der Waals surface area contributed by atoms with Gasteiger partial charge in [-0.3, -0.25) is 9.59 Å². The van der Waals surface area contributed by atoms with Gasteiger partial charge in [0.15, 0.2) is 0 Å². The van der Waals surface area contributed by atoms with Crippen molar-refractivity contribution < 1.29 is 19.1 Å². The van der Waals surface area contributed by atoms with Crippen molar-refractivity contribution in [2.75, 3.05) is 25.1 Å². The van der Waals surface area contributed by atoms with E-state index < -0.39 is 0 Å². The summed E-state index contributed by atoms with van der Waals surface area (Å²) in [6.07, 6.45) is 2.07. The molecule has 26 heavy (non-hydrogen) atoms. The number of unbranched alkanes of at least 4 members (excludes halogenated alkanes) is 1. The highest BCUT2D eigenvalue weighted by Gasteiger charge is 2.17. The summed E-state index contributed by atoms with van der Waals surface area (Å²) in [6.45, 7) is 3.66. The molecule has 6 heteroatoms. The van der Waals surface area contributed by atoms with Gasteiger partial charge in [0.1, 0.15) is 18.1 Å². The first-order valence-corrected chi connectivity index (χ1v) is 8.76. The van der Waals surface area contributed by atoms with Crippen LogP contribution in [0.3, 0.4) is 0 Å². The Labute approximate surface area is 152 Å². The minimum atomic E-state index is -0.250. The lowest BCUT2D eigenvalue weighted by Crippen LogP contribution is -2.24. The van der Waals surface area contributed by atoms with E-state index in [1.54, 1.807) is 42.5 Å². The predicted octanol–water partition coefficient (Wildman–Crippen LogP) is 3.24. The number of hydrogen-bond donors (Lipinski definition) is 2. The van der Waals surface area contributed by atoms with Crippen molar-refractivity contribution in [3.05, 3.63) is 53.6 Å². The summed E-state index contributed by atoms with van der Waals surface area (Å²) in [7, 11) is 0. The van der Waals surface area contributed by atoms with Gasteiger partial charge in [-0.2, -0.15) is 0 Å². The maximum atomic E-state index is 12.4. The number of nitrogens with one attached hydrogen (secondary N) is 2. The van der Waals surface area contributed by atoms with E-state index in [9.17, 15) is 9.59 Å². The highest BCUT2D eigenvalue weighted by Crippen LogP contribution is 2.24. The molecule has 0 spiro atoms. The number of fused-ring (bicyclic) bond motifs is 1. The van der Waals surface area contributed by atoms with Crippen molar-refractivity contribution >= 4 is 17.5 Å². The molecule has 0 atom stereocenters. The molecule has 0 aliphatic carbocycles. The molecule has 136 valence electrons. The highest BCUT2D eigenvalue weighted by atomic mass is 16.5. The quantitative estimate of drug-likeness (QED) is 0.781. The van der Waals surface area contributed by atoms with E-state index in [-0.39, 0.29) is 11.8 Å². The molecule has 2 N–H and O–H groups in total. The topological polar surface area (TPSA) is 76.7 Å². The van der Waals surface area contributed by atoms with E-state index in [0.29, 0.717) is 42.3 Å². The number of amides is 2. The molecule has 0 saturated heterocycles.